The zero-order valence-corrected chi connectivity index (χ0v) is 21.4. The molecule has 1 atom stereocenters. The third kappa shape index (κ3) is 4.92. The molecule has 0 aliphatic heterocycles. The molecule has 182 valence electrons. The summed E-state index contributed by atoms with van der Waals surface area (Å²) < 4.78 is 30.7. The first-order chi connectivity index (χ1) is 16.7. The van der Waals surface area contributed by atoms with Crippen LogP contribution in [0.15, 0.2) is 88.6 Å². The highest BCUT2D eigenvalue weighted by Gasteiger charge is 2.33. The molecule has 1 aromatic heterocycles. The van der Waals surface area contributed by atoms with E-state index in [2.05, 4.69) is 13.8 Å². The normalized spacial score (nSPS) is 13.0. The fraction of sp³-hybridized carbons (Fsp3) is 0.286. The lowest BCUT2D eigenvalue weighted by Crippen LogP contribution is -2.38. The molecule has 0 amide bonds. The molecular formula is C28H31N3O3S. The molecule has 3 aromatic carbocycles. The first-order valence-corrected chi connectivity index (χ1v) is 13.3. The average molecular weight is 490 g/mol. The van der Waals surface area contributed by atoms with Crippen molar-refractivity contribution in [3.63, 3.8) is 0 Å². The quantitative estimate of drug-likeness (QED) is 0.328. The van der Waals surface area contributed by atoms with Crippen molar-refractivity contribution < 1.29 is 8.42 Å². The van der Waals surface area contributed by atoms with Crippen LogP contribution in [0.2, 0.25) is 0 Å². The Morgan fingerprint density at radius 3 is 2.20 bits per heavy atom. The molecule has 35 heavy (non-hydrogen) atoms. The third-order valence-corrected chi connectivity index (χ3v) is 8.22. The van der Waals surface area contributed by atoms with Crippen LogP contribution in [0.3, 0.4) is 0 Å². The molecule has 0 saturated carbocycles. The number of aromatic nitrogens is 2. The second-order valence-electron chi connectivity index (χ2n) is 9.20. The van der Waals surface area contributed by atoms with E-state index in [4.69, 9.17) is 4.98 Å². The number of aryl methyl sites for hydroxylation is 1. The first-order valence-electron chi connectivity index (χ1n) is 11.9. The molecule has 4 rings (SSSR count). The van der Waals surface area contributed by atoms with Gasteiger partial charge in [-0.05, 0) is 62.1 Å². The number of hydrogen-bond donors (Lipinski definition) is 0. The summed E-state index contributed by atoms with van der Waals surface area (Å²) in [6.45, 7) is 8.19. The summed E-state index contributed by atoms with van der Waals surface area (Å²) in [7, 11) is -3.84. The maximum absolute atomic E-state index is 13.8. The second-order valence-corrected chi connectivity index (χ2v) is 11.1. The fourth-order valence-corrected chi connectivity index (χ4v) is 5.87. The molecule has 7 heteroatoms. The highest BCUT2D eigenvalue weighted by atomic mass is 32.2. The summed E-state index contributed by atoms with van der Waals surface area (Å²) in [5, 5.41) is 0.492. The number of hydrogen-bond acceptors (Lipinski definition) is 4. The lowest BCUT2D eigenvalue weighted by Gasteiger charge is -2.30. The molecule has 1 heterocycles. The summed E-state index contributed by atoms with van der Waals surface area (Å²) in [6, 6.07) is 22.5. The monoisotopic (exact) mass is 489 g/mol. The van der Waals surface area contributed by atoms with Crippen LogP contribution in [0.25, 0.3) is 16.6 Å². The largest absolute Gasteiger partial charge is 0.268 e. The van der Waals surface area contributed by atoms with Crippen molar-refractivity contribution >= 4 is 20.9 Å². The van der Waals surface area contributed by atoms with Crippen molar-refractivity contribution in [2.24, 2.45) is 5.92 Å². The minimum atomic E-state index is -3.84. The predicted octanol–water partition coefficient (Wildman–Crippen LogP) is 5.49. The number of nitrogens with zero attached hydrogens (tertiary/aromatic N) is 3. The lowest BCUT2D eigenvalue weighted by molar-refractivity contribution is 0.308. The second kappa shape index (κ2) is 10.1. The summed E-state index contributed by atoms with van der Waals surface area (Å²) >= 11 is 0. The van der Waals surface area contributed by atoms with E-state index in [9.17, 15) is 13.2 Å². The lowest BCUT2D eigenvalue weighted by atomic mass is 10.1. The van der Waals surface area contributed by atoms with Crippen molar-refractivity contribution in [3.8, 4) is 5.69 Å². The Labute approximate surface area is 206 Å². The molecular weight excluding hydrogens is 458 g/mol. The van der Waals surface area contributed by atoms with E-state index in [1.165, 1.54) is 4.31 Å². The molecule has 1 unspecified atom stereocenters. The van der Waals surface area contributed by atoms with Crippen LogP contribution in [0.1, 0.15) is 44.6 Å². The van der Waals surface area contributed by atoms with Crippen LogP contribution in [0.4, 0.5) is 0 Å². The predicted molar refractivity (Wildman–Crippen MR) is 140 cm³/mol. The molecule has 0 saturated heterocycles. The third-order valence-electron chi connectivity index (χ3n) is 6.24. The minimum absolute atomic E-state index is 0.215. The van der Waals surface area contributed by atoms with E-state index in [-0.39, 0.29) is 10.5 Å². The molecule has 0 N–H and O–H groups in total. The van der Waals surface area contributed by atoms with Crippen LogP contribution < -0.4 is 5.56 Å². The van der Waals surface area contributed by atoms with Gasteiger partial charge < -0.3 is 0 Å². The van der Waals surface area contributed by atoms with Gasteiger partial charge in [-0.25, -0.2) is 13.4 Å². The van der Waals surface area contributed by atoms with Gasteiger partial charge in [0.2, 0.25) is 10.0 Å². The van der Waals surface area contributed by atoms with E-state index < -0.39 is 16.1 Å². The van der Waals surface area contributed by atoms with Gasteiger partial charge in [0.05, 0.1) is 27.5 Å². The molecule has 0 radical (unpaired) electrons. The molecule has 0 spiro atoms. The number of rotatable bonds is 8. The Morgan fingerprint density at radius 2 is 1.51 bits per heavy atom. The van der Waals surface area contributed by atoms with Gasteiger partial charge in [-0.15, -0.1) is 0 Å². The van der Waals surface area contributed by atoms with Crippen LogP contribution in [0, 0.1) is 12.8 Å². The van der Waals surface area contributed by atoms with Crippen molar-refractivity contribution in [1.82, 2.24) is 13.9 Å². The number of para-hydroxylation sites is 2. The van der Waals surface area contributed by atoms with E-state index in [0.717, 1.165) is 5.56 Å². The number of sulfonamides is 1. The Bertz CT molecular complexity index is 1500. The van der Waals surface area contributed by atoms with Crippen molar-refractivity contribution in [2.45, 2.75) is 45.1 Å². The van der Waals surface area contributed by atoms with Gasteiger partial charge in [0.1, 0.15) is 5.82 Å². The smallest absolute Gasteiger partial charge is 0.266 e. The maximum atomic E-state index is 13.8. The van der Waals surface area contributed by atoms with Crippen molar-refractivity contribution in [3.05, 3.63) is 101 Å². The van der Waals surface area contributed by atoms with Crippen LogP contribution in [0.5, 0.6) is 0 Å². The van der Waals surface area contributed by atoms with Gasteiger partial charge in [-0.1, -0.05) is 62.4 Å². The highest BCUT2D eigenvalue weighted by molar-refractivity contribution is 7.89. The maximum Gasteiger partial charge on any atom is 0.266 e. The average Bonchev–Trinajstić information content (AvgIpc) is 2.85. The van der Waals surface area contributed by atoms with Crippen LogP contribution >= 0.6 is 0 Å². The van der Waals surface area contributed by atoms with Gasteiger partial charge in [0.15, 0.2) is 0 Å². The zero-order valence-electron chi connectivity index (χ0n) is 20.5. The summed E-state index contributed by atoms with van der Waals surface area (Å²) in [4.78, 5) is 18.9. The highest BCUT2D eigenvalue weighted by Crippen LogP contribution is 2.29. The molecule has 0 bridgehead atoms. The van der Waals surface area contributed by atoms with Crippen LogP contribution in [-0.4, -0.2) is 28.8 Å². The summed E-state index contributed by atoms with van der Waals surface area (Å²) in [5.74, 6) is 0.699. The van der Waals surface area contributed by atoms with Gasteiger partial charge in [0.25, 0.3) is 5.56 Å². The SMILES string of the molecule is Cc1ccccc1-n1c(C(C)N(CCC(C)C)S(=O)(=O)c2ccccc2)nc2ccccc2c1=O. The topological polar surface area (TPSA) is 72.3 Å². The molecule has 0 aliphatic carbocycles. The molecule has 0 fully saturated rings. The summed E-state index contributed by atoms with van der Waals surface area (Å²) in [6.07, 6.45) is 0.679. The fourth-order valence-electron chi connectivity index (χ4n) is 4.24. The van der Waals surface area contributed by atoms with Crippen molar-refractivity contribution in [2.75, 3.05) is 6.54 Å². The summed E-state index contributed by atoms with van der Waals surface area (Å²) in [5.41, 5.74) is 1.93. The first kappa shape index (κ1) is 24.8. The van der Waals surface area contributed by atoms with Crippen LogP contribution in [-0.2, 0) is 10.0 Å². The molecule has 0 aliphatic rings. The van der Waals surface area contributed by atoms with E-state index >= 15 is 0 Å². The Balaban J connectivity index is 1.97. The van der Waals surface area contributed by atoms with E-state index in [0.29, 0.717) is 41.3 Å². The van der Waals surface area contributed by atoms with E-state index in [1.54, 1.807) is 47.0 Å². The zero-order chi connectivity index (χ0) is 25.2. The van der Waals surface area contributed by atoms with Gasteiger partial charge >= 0.3 is 0 Å². The van der Waals surface area contributed by atoms with Gasteiger partial charge in [0, 0.05) is 6.54 Å². The molecule has 4 aromatic rings. The standard InChI is InChI=1S/C28H31N3O3S/c1-20(2)18-19-30(35(33,34)23-13-6-5-7-14-23)22(4)27-29-25-16-10-9-15-24(25)28(32)31(27)26-17-11-8-12-21(26)3/h5-17,20,22H,18-19H2,1-4H3. The number of fused-ring (bicyclic) bond motifs is 1. The minimum Gasteiger partial charge on any atom is -0.268 e. The molecule has 6 nitrogen and oxygen atoms in total. The van der Waals surface area contributed by atoms with Crippen molar-refractivity contribution in [1.29, 1.82) is 0 Å². The Kier molecular flexibility index (Phi) is 7.19. The Morgan fingerprint density at radius 1 is 0.886 bits per heavy atom. The number of benzene rings is 3. The van der Waals surface area contributed by atoms with E-state index in [1.807, 2.05) is 50.2 Å². The Hall–Kier alpha value is -3.29. The van der Waals surface area contributed by atoms with Gasteiger partial charge in [-0.3, -0.25) is 9.36 Å². The van der Waals surface area contributed by atoms with Gasteiger partial charge in [-0.2, -0.15) is 4.31 Å².